The zero-order valence-electron chi connectivity index (χ0n) is 7.45. The van der Waals surface area contributed by atoms with Crippen molar-refractivity contribution in [2.24, 2.45) is 0 Å². The number of carbonyl (C=O) groups excluding carboxylic acids is 1. The average Bonchev–Trinajstić information content (AvgIpc) is 2.53. The molecule has 1 aliphatic rings. The highest BCUT2D eigenvalue weighted by Crippen LogP contribution is 2.15. The molecule has 0 unspecified atom stereocenters. The van der Waals surface area contributed by atoms with Gasteiger partial charge in [-0.3, -0.25) is 4.79 Å². The summed E-state index contributed by atoms with van der Waals surface area (Å²) in [5.74, 6) is 0.105. The first-order chi connectivity index (χ1) is 6.68. The van der Waals surface area contributed by atoms with Crippen molar-refractivity contribution >= 4 is 11.7 Å². The van der Waals surface area contributed by atoms with Crippen LogP contribution in [0.2, 0.25) is 0 Å². The molecule has 76 valence electrons. The summed E-state index contributed by atoms with van der Waals surface area (Å²) in [5, 5.41) is 24.6. The maximum atomic E-state index is 11.3. The predicted molar refractivity (Wildman–Crippen MR) is 47.4 cm³/mol. The molecule has 0 atom stereocenters. The summed E-state index contributed by atoms with van der Waals surface area (Å²) in [6.45, 7) is 0.915. The van der Waals surface area contributed by atoms with Gasteiger partial charge in [0, 0.05) is 13.1 Å². The molecule has 1 aromatic heterocycles. The van der Waals surface area contributed by atoms with E-state index in [0.717, 1.165) is 0 Å². The monoisotopic (exact) mass is 197 g/mol. The van der Waals surface area contributed by atoms with E-state index in [1.165, 1.54) is 6.20 Å². The van der Waals surface area contributed by atoms with Crippen LogP contribution in [0.4, 0.5) is 5.82 Å². The molecule has 0 aliphatic carbocycles. The number of carbonyl (C=O) groups is 1. The molecule has 2 rings (SSSR count). The zero-order chi connectivity index (χ0) is 10.0. The number of β-amino-alcohol motifs (C(OH)–C–C–N with tert-alkyl or cyclic N) is 1. The molecule has 1 fully saturated rings. The average molecular weight is 197 g/mol. The van der Waals surface area contributed by atoms with E-state index in [1.807, 2.05) is 0 Å². The molecule has 1 aliphatic heterocycles. The maximum Gasteiger partial charge on any atom is 0.228 e. The van der Waals surface area contributed by atoms with E-state index in [1.54, 1.807) is 0 Å². The number of anilines is 1. The van der Waals surface area contributed by atoms with Crippen LogP contribution in [0.15, 0.2) is 6.20 Å². The Morgan fingerprint density at radius 1 is 1.71 bits per heavy atom. The first-order valence-corrected chi connectivity index (χ1v) is 4.27. The van der Waals surface area contributed by atoms with E-state index in [4.69, 9.17) is 0 Å². The minimum absolute atomic E-state index is 0.0762. The quantitative estimate of drug-likeness (QED) is 0.470. The van der Waals surface area contributed by atoms with Crippen LogP contribution in [0.3, 0.4) is 0 Å². The number of nitrogens with zero attached hydrogens (tertiary/aromatic N) is 2. The molecular formula is C7H11N5O2. The van der Waals surface area contributed by atoms with Crippen molar-refractivity contribution in [3.63, 3.8) is 0 Å². The van der Waals surface area contributed by atoms with Crippen LogP contribution in [0.1, 0.15) is 6.42 Å². The molecule has 0 radical (unpaired) electrons. The van der Waals surface area contributed by atoms with Crippen molar-refractivity contribution in [1.29, 1.82) is 0 Å². The molecule has 0 saturated carbocycles. The maximum absolute atomic E-state index is 11.3. The van der Waals surface area contributed by atoms with Crippen molar-refractivity contribution in [3.05, 3.63) is 6.20 Å². The lowest BCUT2D eigenvalue weighted by atomic mass is 9.93. The van der Waals surface area contributed by atoms with Crippen LogP contribution in [-0.2, 0) is 4.79 Å². The van der Waals surface area contributed by atoms with Crippen LogP contribution < -0.4 is 10.6 Å². The Kier molecular flexibility index (Phi) is 2.18. The molecule has 7 nitrogen and oxygen atoms in total. The fourth-order valence-electron chi connectivity index (χ4n) is 1.29. The number of hydrogen-bond donors (Lipinski definition) is 4. The van der Waals surface area contributed by atoms with Crippen LogP contribution >= 0.6 is 0 Å². The van der Waals surface area contributed by atoms with Crippen molar-refractivity contribution in [1.82, 2.24) is 20.7 Å². The second-order valence-corrected chi connectivity index (χ2v) is 3.41. The highest BCUT2D eigenvalue weighted by molar-refractivity contribution is 5.90. The molecule has 0 spiro atoms. The third-order valence-electron chi connectivity index (χ3n) is 2.08. The standard InChI is InChI=1S/C7H11N5O2/c13-6(1-7(14)3-8-4-7)10-5-2-9-12-11-5/h2,8,14H,1,3-4H2,(H2,9,10,11,12,13). The van der Waals surface area contributed by atoms with Gasteiger partial charge in [0.05, 0.1) is 18.2 Å². The third-order valence-corrected chi connectivity index (χ3v) is 2.08. The topological polar surface area (TPSA) is 103 Å². The van der Waals surface area contributed by atoms with Crippen molar-refractivity contribution in [2.45, 2.75) is 12.0 Å². The van der Waals surface area contributed by atoms with E-state index in [-0.39, 0.29) is 12.3 Å². The van der Waals surface area contributed by atoms with Gasteiger partial charge in [0.1, 0.15) is 0 Å². The molecule has 14 heavy (non-hydrogen) atoms. The van der Waals surface area contributed by atoms with Crippen molar-refractivity contribution < 1.29 is 9.90 Å². The van der Waals surface area contributed by atoms with Gasteiger partial charge in [0.2, 0.25) is 5.91 Å². The van der Waals surface area contributed by atoms with Gasteiger partial charge >= 0.3 is 0 Å². The van der Waals surface area contributed by atoms with Gasteiger partial charge in [0.15, 0.2) is 5.82 Å². The first-order valence-electron chi connectivity index (χ1n) is 4.27. The smallest absolute Gasteiger partial charge is 0.228 e. The largest absolute Gasteiger partial charge is 0.387 e. The summed E-state index contributed by atoms with van der Waals surface area (Å²) in [6, 6.07) is 0. The SMILES string of the molecule is O=C(CC1(O)CNC1)Nc1cn[nH]n1. The summed E-state index contributed by atoms with van der Waals surface area (Å²) in [5.41, 5.74) is -0.895. The summed E-state index contributed by atoms with van der Waals surface area (Å²) in [7, 11) is 0. The van der Waals surface area contributed by atoms with Gasteiger partial charge in [-0.05, 0) is 0 Å². The van der Waals surface area contributed by atoms with Gasteiger partial charge in [-0.1, -0.05) is 0 Å². The van der Waals surface area contributed by atoms with Gasteiger partial charge < -0.3 is 15.7 Å². The summed E-state index contributed by atoms with van der Waals surface area (Å²) < 4.78 is 0. The second kappa shape index (κ2) is 3.35. The molecule has 0 bridgehead atoms. The number of amides is 1. The Morgan fingerprint density at radius 2 is 2.50 bits per heavy atom. The fourth-order valence-corrected chi connectivity index (χ4v) is 1.29. The van der Waals surface area contributed by atoms with E-state index in [9.17, 15) is 9.90 Å². The summed E-state index contributed by atoms with van der Waals surface area (Å²) in [6.07, 6.45) is 1.48. The highest BCUT2D eigenvalue weighted by Gasteiger charge is 2.36. The number of hydrogen-bond acceptors (Lipinski definition) is 5. The molecular weight excluding hydrogens is 186 g/mol. The number of aliphatic hydroxyl groups is 1. The molecule has 0 aromatic carbocycles. The number of aromatic amines is 1. The number of aromatic nitrogens is 3. The Hall–Kier alpha value is -1.47. The van der Waals surface area contributed by atoms with Crippen LogP contribution in [0.5, 0.6) is 0 Å². The minimum Gasteiger partial charge on any atom is -0.387 e. The van der Waals surface area contributed by atoms with E-state index >= 15 is 0 Å². The van der Waals surface area contributed by atoms with E-state index in [2.05, 4.69) is 26.0 Å². The first kappa shape index (κ1) is 9.10. The molecule has 4 N–H and O–H groups in total. The van der Waals surface area contributed by atoms with Crippen LogP contribution in [0.25, 0.3) is 0 Å². The van der Waals surface area contributed by atoms with E-state index in [0.29, 0.717) is 18.9 Å². The Labute approximate surface area is 79.9 Å². The zero-order valence-corrected chi connectivity index (χ0v) is 7.45. The van der Waals surface area contributed by atoms with Crippen molar-refractivity contribution in [3.8, 4) is 0 Å². The Balaban J connectivity index is 1.84. The number of nitrogens with one attached hydrogen (secondary N) is 3. The number of H-pyrrole nitrogens is 1. The minimum atomic E-state index is -0.895. The number of rotatable bonds is 3. The Bertz CT molecular complexity index is 319. The lowest BCUT2D eigenvalue weighted by molar-refractivity contribution is -0.123. The summed E-state index contributed by atoms with van der Waals surface area (Å²) >= 11 is 0. The predicted octanol–water partition coefficient (Wildman–Crippen LogP) is -1.53. The molecule has 1 saturated heterocycles. The Morgan fingerprint density at radius 3 is 3.00 bits per heavy atom. The van der Waals surface area contributed by atoms with Crippen molar-refractivity contribution in [2.75, 3.05) is 18.4 Å². The van der Waals surface area contributed by atoms with Crippen LogP contribution in [-0.4, -0.2) is 45.1 Å². The molecule has 1 amide bonds. The van der Waals surface area contributed by atoms with E-state index < -0.39 is 5.60 Å². The van der Waals surface area contributed by atoms with Gasteiger partial charge in [-0.25, -0.2) is 0 Å². The lowest BCUT2D eigenvalue weighted by Gasteiger charge is -2.36. The molecule has 7 heteroatoms. The van der Waals surface area contributed by atoms with Gasteiger partial charge in [-0.2, -0.15) is 10.3 Å². The lowest BCUT2D eigenvalue weighted by Crippen LogP contribution is -2.60. The molecule has 1 aromatic rings. The normalized spacial score (nSPS) is 18.6. The fraction of sp³-hybridized carbons (Fsp3) is 0.571. The van der Waals surface area contributed by atoms with Crippen LogP contribution in [0, 0.1) is 0 Å². The molecule has 2 heterocycles. The summed E-state index contributed by atoms with van der Waals surface area (Å²) in [4.78, 5) is 11.3. The van der Waals surface area contributed by atoms with Gasteiger partial charge in [0.25, 0.3) is 0 Å². The third kappa shape index (κ3) is 1.88. The second-order valence-electron chi connectivity index (χ2n) is 3.41. The highest BCUT2D eigenvalue weighted by atomic mass is 16.3. The van der Waals surface area contributed by atoms with Gasteiger partial charge in [-0.15, -0.1) is 5.10 Å².